The number of methoxy groups -OCH3 is 1. The van der Waals surface area contributed by atoms with Gasteiger partial charge in [-0.2, -0.15) is 13.2 Å². The number of carbonyl (C=O) groups is 2. The van der Waals surface area contributed by atoms with Crippen LogP contribution in [0.3, 0.4) is 0 Å². The van der Waals surface area contributed by atoms with Gasteiger partial charge in [-0.15, -0.1) is 0 Å². The van der Waals surface area contributed by atoms with Crippen LogP contribution in [0.4, 0.5) is 13.2 Å². The molecule has 0 atom stereocenters. The van der Waals surface area contributed by atoms with E-state index in [0.29, 0.717) is 43.9 Å². The molecule has 3 rings (SSSR count). The summed E-state index contributed by atoms with van der Waals surface area (Å²) in [5.74, 6) is -0.0315. The van der Waals surface area contributed by atoms with Crippen molar-refractivity contribution in [3.05, 3.63) is 65.2 Å². The topological polar surface area (TPSA) is 49.9 Å². The van der Waals surface area contributed by atoms with Crippen molar-refractivity contribution in [1.82, 2.24) is 9.80 Å². The van der Waals surface area contributed by atoms with Crippen molar-refractivity contribution in [2.75, 3.05) is 33.3 Å². The van der Waals surface area contributed by atoms with Crippen LogP contribution in [-0.2, 0) is 6.18 Å². The molecule has 0 aliphatic carbocycles. The Morgan fingerprint density at radius 3 is 2.03 bits per heavy atom. The predicted molar refractivity (Wildman–Crippen MR) is 101 cm³/mol. The Labute approximate surface area is 166 Å². The minimum Gasteiger partial charge on any atom is -0.496 e. The molecule has 1 saturated heterocycles. The molecule has 2 aromatic carbocycles. The highest BCUT2D eigenvalue weighted by Gasteiger charge is 2.31. The summed E-state index contributed by atoms with van der Waals surface area (Å²) in [6, 6.07) is 11.1. The molecular formula is C21H21F3N2O3. The monoisotopic (exact) mass is 406 g/mol. The Kier molecular flexibility index (Phi) is 6.10. The fourth-order valence-electron chi connectivity index (χ4n) is 3.30. The molecule has 154 valence electrons. The van der Waals surface area contributed by atoms with Crippen LogP contribution in [-0.4, -0.2) is 54.9 Å². The number of hydrogen-bond donors (Lipinski definition) is 0. The molecule has 1 heterocycles. The lowest BCUT2D eigenvalue weighted by molar-refractivity contribution is -0.137. The lowest BCUT2D eigenvalue weighted by Crippen LogP contribution is -2.37. The van der Waals surface area contributed by atoms with Crippen LogP contribution in [0.1, 0.15) is 32.7 Å². The van der Waals surface area contributed by atoms with E-state index in [9.17, 15) is 22.8 Å². The molecule has 5 nitrogen and oxygen atoms in total. The van der Waals surface area contributed by atoms with Gasteiger partial charge in [0.2, 0.25) is 0 Å². The van der Waals surface area contributed by atoms with Crippen molar-refractivity contribution in [2.45, 2.75) is 12.6 Å². The molecule has 0 radical (unpaired) electrons. The molecule has 0 unspecified atom stereocenters. The quantitative estimate of drug-likeness (QED) is 0.781. The van der Waals surface area contributed by atoms with Crippen LogP contribution >= 0.6 is 0 Å². The average molecular weight is 406 g/mol. The number of para-hydroxylation sites is 1. The molecule has 1 fully saturated rings. The molecule has 1 aliphatic heterocycles. The molecule has 0 spiro atoms. The summed E-state index contributed by atoms with van der Waals surface area (Å²) < 4.78 is 43.3. The van der Waals surface area contributed by atoms with Crippen molar-refractivity contribution < 1.29 is 27.5 Å². The van der Waals surface area contributed by atoms with Gasteiger partial charge in [0.15, 0.2) is 0 Å². The predicted octanol–water partition coefficient (Wildman–Crippen LogP) is 3.70. The summed E-state index contributed by atoms with van der Waals surface area (Å²) >= 11 is 0. The molecule has 8 heteroatoms. The lowest BCUT2D eigenvalue weighted by atomic mass is 10.1. The number of nitrogens with zero attached hydrogens (tertiary/aromatic N) is 2. The number of rotatable bonds is 3. The molecule has 29 heavy (non-hydrogen) atoms. The number of benzene rings is 2. The fraction of sp³-hybridized carbons (Fsp3) is 0.333. The molecule has 1 aliphatic rings. The van der Waals surface area contributed by atoms with Gasteiger partial charge in [-0.3, -0.25) is 9.59 Å². The van der Waals surface area contributed by atoms with Gasteiger partial charge in [0, 0.05) is 31.7 Å². The Bertz CT molecular complexity index is 881. The van der Waals surface area contributed by atoms with Crippen molar-refractivity contribution >= 4 is 11.8 Å². The average Bonchev–Trinajstić information content (AvgIpc) is 2.98. The number of carbonyl (C=O) groups excluding carboxylic acids is 2. The maximum absolute atomic E-state index is 12.8. The first-order valence-corrected chi connectivity index (χ1v) is 9.20. The van der Waals surface area contributed by atoms with Gasteiger partial charge in [-0.25, -0.2) is 0 Å². The van der Waals surface area contributed by atoms with Gasteiger partial charge in [0.05, 0.1) is 18.2 Å². The van der Waals surface area contributed by atoms with E-state index in [2.05, 4.69) is 0 Å². The van der Waals surface area contributed by atoms with Crippen LogP contribution in [0.2, 0.25) is 0 Å². The van der Waals surface area contributed by atoms with Crippen LogP contribution in [0.5, 0.6) is 5.75 Å². The van der Waals surface area contributed by atoms with Gasteiger partial charge in [0.25, 0.3) is 11.8 Å². The van der Waals surface area contributed by atoms with Gasteiger partial charge in [-0.1, -0.05) is 12.1 Å². The third kappa shape index (κ3) is 4.70. The van der Waals surface area contributed by atoms with Crippen LogP contribution in [0, 0.1) is 0 Å². The number of ether oxygens (including phenoxy) is 1. The van der Waals surface area contributed by atoms with Crippen molar-refractivity contribution in [3.63, 3.8) is 0 Å². The molecule has 0 aromatic heterocycles. The molecule has 0 bridgehead atoms. The largest absolute Gasteiger partial charge is 0.496 e. The van der Waals surface area contributed by atoms with Crippen molar-refractivity contribution in [3.8, 4) is 5.75 Å². The first kappa shape index (κ1) is 20.7. The Morgan fingerprint density at radius 1 is 0.862 bits per heavy atom. The first-order valence-electron chi connectivity index (χ1n) is 9.20. The summed E-state index contributed by atoms with van der Waals surface area (Å²) in [4.78, 5) is 28.8. The Hall–Kier alpha value is -3.03. The van der Waals surface area contributed by atoms with E-state index in [0.717, 1.165) is 12.1 Å². The van der Waals surface area contributed by atoms with Crippen LogP contribution < -0.4 is 4.74 Å². The summed E-state index contributed by atoms with van der Waals surface area (Å²) in [7, 11) is 1.50. The van der Waals surface area contributed by atoms with E-state index >= 15 is 0 Å². The normalized spacial score (nSPS) is 15.0. The minimum absolute atomic E-state index is 0.175. The zero-order valence-corrected chi connectivity index (χ0v) is 15.9. The van der Waals surface area contributed by atoms with Crippen LogP contribution in [0.15, 0.2) is 48.5 Å². The highest BCUT2D eigenvalue weighted by atomic mass is 19.4. The summed E-state index contributed by atoms with van der Waals surface area (Å²) in [6.45, 7) is 1.55. The molecular weight excluding hydrogens is 385 g/mol. The number of amides is 2. The third-order valence-electron chi connectivity index (χ3n) is 4.87. The second kappa shape index (κ2) is 8.55. The number of halogens is 3. The number of alkyl halides is 3. The second-order valence-corrected chi connectivity index (χ2v) is 6.71. The minimum atomic E-state index is -4.44. The number of hydrogen-bond acceptors (Lipinski definition) is 3. The molecule has 2 aromatic rings. The SMILES string of the molecule is COc1ccccc1C(=O)N1CCCN(C(=O)c2ccc(C(F)(F)F)cc2)CC1. The Balaban J connectivity index is 1.68. The maximum Gasteiger partial charge on any atom is 0.416 e. The fourth-order valence-corrected chi connectivity index (χ4v) is 3.30. The summed E-state index contributed by atoms with van der Waals surface area (Å²) in [5, 5.41) is 0. The van der Waals surface area contributed by atoms with E-state index in [4.69, 9.17) is 4.74 Å². The van der Waals surface area contributed by atoms with Gasteiger partial charge in [0.1, 0.15) is 5.75 Å². The zero-order valence-electron chi connectivity index (χ0n) is 15.9. The zero-order chi connectivity index (χ0) is 21.0. The first-order chi connectivity index (χ1) is 13.8. The summed E-state index contributed by atoms with van der Waals surface area (Å²) in [6.07, 6.45) is -3.86. The smallest absolute Gasteiger partial charge is 0.416 e. The highest BCUT2D eigenvalue weighted by Crippen LogP contribution is 2.29. The Morgan fingerprint density at radius 2 is 1.45 bits per heavy atom. The van der Waals surface area contributed by atoms with E-state index in [1.54, 1.807) is 34.1 Å². The third-order valence-corrected chi connectivity index (χ3v) is 4.87. The second-order valence-electron chi connectivity index (χ2n) is 6.71. The van der Waals surface area contributed by atoms with Crippen molar-refractivity contribution in [1.29, 1.82) is 0 Å². The van der Waals surface area contributed by atoms with E-state index in [1.165, 1.54) is 19.2 Å². The van der Waals surface area contributed by atoms with Crippen LogP contribution in [0.25, 0.3) is 0 Å². The highest BCUT2D eigenvalue weighted by molar-refractivity contribution is 5.97. The van der Waals surface area contributed by atoms with E-state index in [1.807, 2.05) is 0 Å². The van der Waals surface area contributed by atoms with Gasteiger partial charge >= 0.3 is 6.18 Å². The molecule has 2 amide bonds. The van der Waals surface area contributed by atoms with Crippen molar-refractivity contribution in [2.24, 2.45) is 0 Å². The molecule has 0 saturated carbocycles. The summed E-state index contributed by atoms with van der Waals surface area (Å²) in [5.41, 5.74) is -0.140. The lowest BCUT2D eigenvalue weighted by Gasteiger charge is -2.23. The maximum atomic E-state index is 12.8. The van der Waals surface area contributed by atoms with E-state index < -0.39 is 11.7 Å². The van der Waals surface area contributed by atoms with Gasteiger partial charge in [-0.05, 0) is 42.8 Å². The van der Waals surface area contributed by atoms with Gasteiger partial charge < -0.3 is 14.5 Å². The standard InChI is InChI=1S/C21H21F3N2O3/c1-29-18-6-3-2-5-17(18)20(28)26-12-4-11-25(13-14-26)19(27)15-7-9-16(10-8-15)21(22,23)24/h2-3,5-10H,4,11-14H2,1H3. The van der Waals surface area contributed by atoms with E-state index in [-0.39, 0.29) is 17.4 Å². The molecule has 0 N–H and O–H groups in total.